The van der Waals surface area contributed by atoms with Gasteiger partial charge in [0, 0.05) is 43.9 Å². The Bertz CT molecular complexity index is 531. The van der Waals surface area contributed by atoms with E-state index in [0.717, 1.165) is 25.9 Å². The molecular formula is C18H30ClN3O2. The van der Waals surface area contributed by atoms with Crippen molar-refractivity contribution in [3.05, 3.63) is 35.4 Å². The predicted molar refractivity (Wildman–Crippen MR) is 101 cm³/mol. The van der Waals surface area contributed by atoms with Gasteiger partial charge in [-0.25, -0.2) is 0 Å². The molecule has 1 rings (SSSR count). The van der Waals surface area contributed by atoms with Crippen LogP contribution in [0.25, 0.3) is 0 Å². The first-order valence-corrected chi connectivity index (χ1v) is 8.32. The molecule has 136 valence electrons. The Morgan fingerprint density at radius 2 is 1.58 bits per heavy atom. The summed E-state index contributed by atoms with van der Waals surface area (Å²) in [7, 11) is 1.73. The van der Waals surface area contributed by atoms with Crippen LogP contribution in [0.15, 0.2) is 24.3 Å². The predicted octanol–water partition coefficient (Wildman–Crippen LogP) is 2.79. The molecule has 24 heavy (non-hydrogen) atoms. The van der Waals surface area contributed by atoms with E-state index in [-0.39, 0.29) is 30.3 Å². The van der Waals surface area contributed by atoms with Gasteiger partial charge in [-0.15, -0.1) is 12.4 Å². The second kappa shape index (κ2) is 11.0. The van der Waals surface area contributed by atoms with Gasteiger partial charge >= 0.3 is 0 Å². The van der Waals surface area contributed by atoms with Crippen LogP contribution < -0.4 is 5.73 Å². The molecule has 0 aromatic heterocycles. The summed E-state index contributed by atoms with van der Waals surface area (Å²) in [5.41, 5.74) is 6.70. The first kappa shape index (κ1) is 22.4. The Kier molecular flexibility index (Phi) is 10.3. The maximum absolute atomic E-state index is 12.6. The monoisotopic (exact) mass is 355 g/mol. The highest BCUT2D eigenvalue weighted by Crippen LogP contribution is 2.12. The molecule has 0 spiro atoms. The van der Waals surface area contributed by atoms with Crippen molar-refractivity contribution in [2.45, 2.75) is 39.7 Å². The number of carbonyl (C=O) groups excluding carboxylic acids is 2. The zero-order chi connectivity index (χ0) is 17.4. The van der Waals surface area contributed by atoms with Crippen molar-refractivity contribution in [2.24, 2.45) is 5.73 Å². The van der Waals surface area contributed by atoms with Gasteiger partial charge in [-0.3, -0.25) is 9.59 Å². The molecule has 0 saturated heterocycles. The van der Waals surface area contributed by atoms with Crippen LogP contribution in [0.4, 0.5) is 0 Å². The highest BCUT2D eigenvalue weighted by Gasteiger charge is 2.19. The number of likely N-dealkylation sites (N-methyl/N-ethyl adjacent to an activating group) is 1. The molecule has 0 aliphatic carbocycles. The third-order valence-electron chi connectivity index (χ3n) is 3.95. The van der Waals surface area contributed by atoms with Gasteiger partial charge in [-0.05, 0) is 38.0 Å². The fourth-order valence-electron chi connectivity index (χ4n) is 2.38. The van der Waals surface area contributed by atoms with Crippen molar-refractivity contribution in [2.75, 3.05) is 26.7 Å². The summed E-state index contributed by atoms with van der Waals surface area (Å²) >= 11 is 0. The zero-order valence-electron chi connectivity index (χ0n) is 15.1. The molecule has 5 nitrogen and oxygen atoms in total. The zero-order valence-corrected chi connectivity index (χ0v) is 15.9. The number of benzene rings is 1. The lowest BCUT2D eigenvalue weighted by molar-refractivity contribution is 0.0748. The molecule has 1 atom stereocenters. The maximum atomic E-state index is 12.6. The van der Waals surface area contributed by atoms with E-state index in [1.807, 2.05) is 11.8 Å². The maximum Gasteiger partial charge on any atom is 0.253 e. The summed E-state index contributed by atoms with van der Waals surface area (Å²) in [6.45, 7) is 7.88. The lowest BCUT2D eigenvalue weighted by Gasteiger charge is -2.24. The summed E-state index contributed by atoms with van der Waals surface area (Å²) in [5.74, 6) is -0.131. The Morgan fingerprint density at radius 3 is 2.04 bits per heavy atom. The van der Waals surface area contributed by atoms with Crippen molar-refractivity contribution in [1.82, 2.24) is 9.80 Å². The molecule has 0 aliphatic heterocycles. The molecular weight excluding hydrogens is 326 g/mol. The highest BCUT2D eigenvalue weighted by atomic mass is 35.5. The minimum atomic E-state index is -0.116. The molecule has 1 unspecified atom stereocenters. The average molecular weight is 356 g/mol. The molecule has 1 aromatic rings. The molecule has 0 saturated carbocycles. The van der Waals surface area contributed by atoms with Crippen LogP contribution in [-0.2, 0) is 0 Å². The summed E-state index contributed by atoms with van der Waals surface area (Å²) in [6, 6.07) is 6.91. The van der Waals surface area contributed by atoms with E-state index >= 15 is 0 Å². The number of amides is 2. The van der Waals surface area contributed by atoms with E-state index in [4.69, 9.17) is 5.73 Å². The highest BCUT2D eigenvalue weighted by molar-refractivity contribution is 5.99. The number of halogens is 1. The van der Waals surface area contributed by atoms with Gasteiger partial charge in [-0.2, -0.15) is 0 Å². The van der Waals surface area contributed by atoms with Gasteiger partial charge in [0.2, 0.25) is 0 Å². The Balaban J connectivity index is 0.00000529. The third kappa shape index (κ3) is 5.80. The third-order valence-corrected chi connectivity index (χ3v) is 3.95. The Morgan fingerprint density at radius 1 is 1.08 bits per heavy atom. The second-order valence-corrected chi connectivity index (χ2v) is 5.87. The first-order valence-electron chi connectivity index (χ1n) is 8.32. The van der Waals surface area contributed by atoms with E-state index in [0.29, 0.717) is 17.7 Å². The quantitative estimate of drug-likeness (QED) is 0.779. The van der Waals surface area contributed by atoms with Crippen molar-refractivity contribution >= 4 is 24.2 Å². The fourth-order valence-corrected chi connectivity index (χ4v) is 2.38. The minimum Gasteiger partial charge on any atom is -0.339 e. The van der Waals surface area contributed by atoms with Crippen molar-refractivity contribution in [1.29, 1.82) is 0 Å². The standard InChI is InChI=1S/C18H29N3O2.ClH/c1-5-10-21(11-6-2)18(23)16-9-7-8-15(12-16)17(22)20(4)14(3)13-19;/h7-9,12,14H,5-6,10-11,13,19H2,1-4H3;1H. The average Bonchev–Trinajstić information content (AvgIpc) is 2.59. The minimum absolute atomic E-state index is 0. The van der Waals surface area contributed by atoms with Crippen LogP contribution in [0.2, 0.25) is 0 Å². The van der Waals surface area contributed by atoms with Crippen molar-refractivity contribution in [3.8, 4) is 0 Å². The number of rotatable bonds is 8. The van der Waals surface area contributed by atoms with Crippen LogP contribution >= 0.6 is 12.4 Å². The molecule has 0 bridgehead atoms. The van der Waals surface area contributed by atoms with Gasteiger partial charge in [0.1, 0.15) is 0 Å². The molecule has 0 radical (unpaired) electrons. The van der Waals surface area contributed by atoms with Gasteiger partial charge in [0.05, 0.1) is 0 Å². The Hall–Kier alpha value is -1.59. The van der Waals surface area contributed by atoms with Crippen LogP contribution in [0.3, 0.4) is 0 Å². The van der Waals surface area contributed by atoms with Crippen molar-refractivity contribution < 1.29 is 9.59 Å². The summed E-state index contributed by atoms with van der Waals surface area (Å²) in [4.78, 5) is 28.6. The van der Waals surface area contributed by atoms with E-state index in [1.54, 1.807) is 36.2 Å². The van der Waals surface area contributed by atoms with Crippen LogP contribution in [0.1, 0.15) is 54.3 Å². The van der Waals surface area contributed by atoms with Crippen LogP contribution in [0, 0.1) is 0 Å². The number of nitrogens with two attached hydrogens (primary N) is 1. The van der Waals surface area contributed by atoms with Gasteiger partial charge in [0.25, 0.3) is 11.8 Å². The van der Waals surface area contributed by atoms with Crippen molar-refractivity contribution in [3.63, 3.8) is 0 Å². The molecule has 2 N–H and O–H groups in total. The van der Waals surface area contributed by atoms with Gasteiger partial charge < -0.3 is 15.5 Å². The van der Waals surface area contributed by atoms with Gasteiger partial charge in [0.15, 0.2) is 0 Å². The molecule has 2 amide bonds. The smallest absolute Gasteiger partial charge is 0.253 e. The molecule has 0 aliphatic rings. The summed E-state index contributed by atoms with van der Waals surface area (Å²) < 4.78 is 0. The molecule has 1 aromatic carbocycles. The molecule has 0 heterocycles. The van der Waals surface area contributed by atoms with Gasteiger partial charge in [-0.1, -0.05) is 19.9 Å². The lowest BCUT2D eigenvalue weighted by atomic mass is 10.1. The van der Waals surface area contributed by atoms with Crippen LogP contribution in [0.5, 0.6) is 0 Å². The summed E-state index contributed by atoms with van der Waals surface area (Å²) in [5, 5.41) is 0. The second-order valence-electron chi connectivity index (χ2n) is 5.87. The number of hydrogen-bond donors (Lipinski definition) is 1. The SMILES string of the molecule is CCCN(CCC)C(=O)c1cccc(C(=O)N(C)C(C)CN)c1.Cl. The number of hydrogen-bond acceptors (Lipinski definition) is 3. The van der Waals surface area contributed by atoms with Crippen LogP contribution in [-0.4, -0.2) is 54.3 Å². The van der Waals surface area contributed by atoms with E-state index in [9.17, 15) is 9.59 Å². The fraction of sp³-hybridized carbons (Fsp3) is 0.556. The largest absolute Gasteiger partial charge is 0.339 e. The van der Waals surface area contributed by atoms with E-state index < -0.39 is 0 Å². The van der Waals surface area contributed by atoms with E-state index in [1.165, 1.54) is 0 Å². The Labute approximate surface area is 151 Å². The first-order chi connectivity index (χ1) is 11.0. The summed E-state index contributed by atoms with van der Waals surface area (Å²) in [6.07, 6.45) is 1.84. The lowest BCUT2D eigenvalue weighted by Crippen LogP contribution is -2.39. The topological polar surface area (TPSA) is 66.6 Å². The normalized spacial score (nSPS) is 11.4. The molecule has 6 heteroatoms. The number of carbonyl (C=O) groups is 2. The molecule has 0 fully saturated rings. The number of nitrogens with zero attached hydrogens (tertiary/aromatic N) is 2. The van der Waals surface area contributed by atoms with E-state index in [2.05, 4.69) is 13.8 Å².